The van der Waals surface area contributed by atoms with Crippen LogP contribution in [0.4, 0.5) is 11.4 Å². The topological polar surface area (TPSA) is 55.6 Å². The minimum atomic E-state index is -0.364. The standard InChI is InChI=1S/C13H20N2O2/c1-4-9-15(3)11-8-6-7-10(12(11)14)13(16)17-5-2/h6-8H,4-5,9,14H2,1-3H3. The predicted octanol–water partition coefficient (Wildman–Crippen LogP) is 2.29. The Kier molecular flexibility index (Phi) is 4.82. The Morgan fingerprint density at radius 1 is 1.41 bits per heavy atom. The second-order valence-electron chi connectivity index (χ2n) is 3.88. The molecule has 0 saturated carbocycles. The van der Waals surface area contributed by atoms with Crippen molar-refractivity contribution in [2.24, 2.45) is 0 Å². The highest BCUT2D eigenvalue weighted by atomic mass is 16.5. The van der Waals surface area contributed by atoms with E-state index < -0.39 is 0 Å². The van der Waals surface area contributed by atoms with Crippen LogP contribution < -0.4 is 10.6 Å². The molecule has 0 fully saturated rings. The third-order valence-corrected chi connectivity index (χ3v) is 2.55. The molecule has 1 rings (SSSR count). The van der Waals surface area contributed by atoms with Crippen LogP contribution in [0.25, 0.3) is 0 Å². The van der Waals surface area contributed by atoms with Gasteiger partial charge in [-0.15, -0.1) is 0 Å². The zero-order valence-electron chi connectivity index (χ0n) is 10.7. The van der Waals surface area contributed by atoms with Crippen molar-refractivity contribution in [3.63, 3.8) is 0 Å². The highest BCUT2D eigenvalue weighted by Crippen LogP contribution is 2.26. The van der Waals surface area contributed by atoms with Crippen LogP contribution in [0.2, 0.25) is 0 Å². The van der Waals surface area contributed by atoms with Crippen molar-refractivity contribution in [1.29, 1.82) is 0 Å². The van der Waals surface area contributed by atoms with E-state index in [2.05, 4.69) is 6.92 Å². The maximum absolute atomic E-state index is 11.7. The zero-order chi connectivity index (χ0) is 12.8. The summed E-state index contributed by atoms with van der Waals surface area (Å²) in [6.45, 7) is 5.13. The first kappa shape index (κ1) is 13.4. The fourth-order valence-corrected chi connectivity index (χ4v) is 1.73. The fourth-order valence-electron chi connectivity index (χ4n) is 1.73. The number of nitrogen functional groups attached to an aromatic ring is 1. The van der Waals surface area contributed by atoms with Crippen molar-refractivity contribution in [3.05, 3.63) is 23.8 Å². The van der Waals surface area contributed by atoms with E-state index in [1.54, 1.807) is 13.0 Å². The van der Waals surface area contributed by atoms with Gasteiger partial charge in [0.1, 0.15) is 0 Å². The summed E-state index contributed by atoms with van der Waals surface area (Å²) in [6.07, 6.45) is 1.03. The summed E-state index contributed by atoms with van der Waals surface area (Å²) in [4.78, 5) is 13.7. The van der Waals surface area contributed by atoms with Gasteiger partial charge >= 0.3 is 5.97 Å². The highest BCUT2D eigenvalue weighted by Gasteiger charge is 2.14. The number of para-hydroxylation sites is 1. The third kappa shape index (κ3) is 3.12. The molecule has 0 radical (unpaired) electrons. The number of nitrogens with two attached hydrogens (primary N) is 1. The number of anilines is 2. The third-order valence-electron chi connectivity index (χ3n) is 2.55. The van der Waals surface area contributed by atoms with E-state index in [1.165, 1.54) is 0 Å². The average Bonchev–Trinajstić information content (AvgIpc) is 2.29. The summed E-state index contributed by atoms with van der Waals surface area (Å²) in [7, 11) is 1.96. The second-order valence-corrected chi connectivity index (χ2v) is 3.88. The summed E-state index contributed by atoms with van der Waals surface area (Å²) in [6, 6.07) is 5.43. The van der Waals surface area contributed by atoms with Crippen molar-refractivity contribution in [1.82, 2.24) is 0 Å². The molecule has 0 bridgehead atoms. The van der Waals surface area contributed by atoms with Gasteiger partial charge in [0, 0.05) is 13.6 Å². The summed E-state index contributed by atoms with van der Waals surface area (Å²) in [5.74, 6) is -0.364. The number of benzene rings is 1. The van der Waals surface area contributed by atoms with Gasteiger partial charge < -0.3 is 15.4 Å². The summed E-state index contributed by atoms with van der Waals surface area (Å²) < 4.78 is 4.97. The van der Waals surface area contributed by atoms with Crippen LogP contribution in [0.1, 0.15) is 30.6 Å². The normalized spacial score (nSPS) is 10.1. The highest BCUT2D eigenvalue weighted by molar-refractivity contribution is 5.98. The molecule has 0 aliphatic heterocycles. The average molecular weight is 236 g/mol. The molecule has 0 aliphatic rings. The zero-order valence-corrected chi connectivity index (χ0v) is 10.7. The second kappa shape index (κ2) is 6.13. The Morgan fingerprint density at radius 3 is 2.71 bits per heavy atom. The van der Waals surface area contributed by atoms with Gasteiger partial charge in [-0.1, -0.05) is 13.0 Å². The number of hydrogen-bond acceptors (Lipinski definition) is 4. The van der Waals surface area contributed by atoms with Crippen LogP contribution in [0.5, 0.6) is 0 Å². The fraction of sp³-hybridized carbons (Fsp3) is 0.462. The molecule has 0 spiro atoms. The molecule has 1 aromatic rings. The van der Waals surface area contributed by atoms with E-state index in [9.17, 15) is 4.79 Å². The summed E-state index contributed by atoms with van der Waals surface area (Å²) in [5.41, 5.74) is 7.80. The molecule has 4 heteroatoms. The first-order chi connectivity index (χ1) is 8.11. The maximum Gasteiger partial charge on any atom is 0.340 e. The van der Waals surface area contributed by atoms with Gasteiger partial charge in [0.25, 0.3) is 0 Å². The van der Waals surface area contributed by atoms with Crippen molar-refractivity contribution in [2.45, 2.75) is 20.3 Å². The van der Waals surface area contributed by atoms with E-state index in [0.29, 0.717) is 17.9 Å². The number of rotatable bonds is 5. The molecule has 0 atom stereocenters. The van der Waals surface area contributed by atoms with Crippen LogP contribution in [-0.2, 0) is 4.74 Å². The van der Waals surface area contributed by atoms with Gasteiger partial charge in [0.05, 0.1) is 23.5 Å². The van der Waals surface area contributed by atoms with E-state index in [1.807, 2.05) is 24.1 Å². The Balaban J connectivity index is 3.02. The van der Waals surface area contributed by atoms with Crippen LogP contribution in [0, 0.1) is 0 Å². The number of ether oxygens (including phenoxy) is 1. The maximum atomic E-state index is 11.7. The van der Waals surface area contributed by atoms with Crippen molar-refractivity contribution in [3.8, 4) is 0 Å². The van der Waals surface area contributed by atoms with Crippen molar-refractivity contribution < 1.29 is 9.53 Å². The lowest BCUT2D eigenvalue weighted by Gasteiger charge is -2.21. The van der Waals surface area contributed by atoms with Gasteiger partial charge in [-0.05, 0) is 25.5 Å². The Bertz CT molecular complexity index is 391. The van der Waals surface area contributed by atoms with Gasteiger partial charge in [0.15, 0.2) is 0 Å². The van der Waals surface area contributed by atoms with Gasteiger partial charge in [0.2, 0.25) is 0 Å². The van der Waals surface area contributed by atoms with E-state index in [4.69, 9.17) is 10.5 Å². The SMILES string of the molecule is CCCN(C)c1cccc(C(=O)OCC)c1N. The van der Waals surface area contributed by atoms with Crippen LogP contribution in [0.3, 0.4) is 0 Å². The van der Waals surface area contributed by atoms with Crippen molar-refractivity contribution in [2.75, 3.05) is 30.8 Å². The van der Waals surface area contributed by atoms with Gasteiger partial charge in [-0.25, -0.2) is 4.79 Å². The van der Waals surface area contributed by atoms with Crippen LogP contribution in [0.15, 0.2) is 18.2 Å². The molecule has 4 nitrogen and oxygen atoms in total. The molecule has 0 aromatic heterocycles. The smallest absolute Gasteiger partial charge is 0.340 e. The molecule has 94 valence electrons. The molecule has 0 unspecified atom stereocenters. The predicted molar refractivity (Wildman–Crippen MR) is 70.4 cm³/mol. The number of carbonyl (C=O) groups excluding carboxylic acids is 1. The van der Waals surface area contributed by atoms with E-state index in [0.717, 1.165) is 18.7 Å². The largest absolute Gasteiger partial charge is 0.462 e. The molecule has 0 saturated heterocycles. The molecule has 1 aromatic carbocycles. The molecule has 0 heterocycles. The quantitative estimate of drug-likeness (QED) is 0.629. The monoisotopic (exact) mass is 236 g/mol. The first-order valence-electron chi connectivity index (χ1n) is 5.88. The molecule has 2 N–H and O–H groups in total. The van der Waals surface area contributed by atoms with Crippen molar-refractivity contribution >= 4 is 17.3 Å². The lowest BCUT2D eigenvalue weighted by atomic mass is 10.1. The number of nitrogens with zero attached hydrogens (tertiary/aromatic N) is 1. The molecule has 17 heavy (non-hydrogen) atoms. The minimum absolute atomic E-state index is 0.354. The number of carbonyl (C=O) groups is 1. The van der Waals surface area contributed by atoms with Crippen LogP contribution in [-0.4, -0.2) is 26.2 Å². The van der Waals surface area contributed by atoms with E-state index in [-0.39, 0.29) is 5.97 Å². The molecule has 0 aliphatic carbocycles. The lowest BCUT2D eigenvalue weighted by molar-refractivity contribution is 0.0527. The molecule has 0 amide bonds. The number of hydrogen-bond donors (Lipinski definition) is 1. The Labute approximate surface area is 102 Å². The van der Waals surface area contributed by atoms with Gasteiger partial charge in [-0.2, -0.15) is 0 Å². The Hall–Kier alpha value is -1.71. The van der Waals surface area contributed by atoms with Gasteiger partial charge in [-0.3, -0.25) is 0 Å². The molecular formula is C13H20N2O2. The minimum Gasteiger partial charge on any atom is -0.462 e. The Morgan fingerprint density at radius 2 is 2.12 bits per heavy atom. The first-order valence-corrected chi connectivity index (χ1v) is 5.88. The summed E-state index contributed by atoms with van der Waals surface area (Å²) in [5, 5.41) is 0. The van der Waals surface area contributed by atoms with E-state index >= 15 is 0 Å². The summed E-state index contributed by atoms with van der Waals surface area (Å²) >= 11 is 0. The van der Waals surface area contributed by atoms with Crippen LogP contribution >= 0.6 is 0 Å². The number of esters is 1. The molecular weight excluding hydrogens is 216 g/mol. The lowest BCUT2D eigenvalue weighted by Crippen LogP contribution is -2.20.